The Morgan fingerprint density at radius 3 is 2.80 bits per heavy atom. The van der Waals surface area contributed by atoms with Gasteiger partial charge in [-0.05, 0) is 6.92 Å². The second kappa shape index (κ2) is 7.32. The van der Waals surface area contributed by atoms with Gasteiger partial charge in [0.1, 0.15) is 0 Å². The van der Waals surface area contributed by atoms with Crippen molar-refractivity contribution in [3.05, 3.63) is 23.5 Å². The summed E-state index contributed by atoms with van der Waals surface area (Å²) in [5.74, 6) is 0.0530. The van der Waals surface area contributed by atoms with Crippen LogP contribution in [0.2, 0.25) is 0 Å². The number of hydrogen-bond donors (Lipinski definition) is 0. The summed E-state index contributed by atoms with van der Waals surface area (Å²) >= 11 is 1.46. The van der Waals surface area contributed by atoms with Crippen molar-refractivity contribution in [3.8, 4) is 0 Å². The normalized spacial score (nSPS) is 15.6. The van der Waals surface area contributed by atoms with Crippen molar-refractivity contribution in [2.24, 2.45) is 7.05 Å². The highest BCUT2D eigenvalue weighted by atomic mass is 32.1. The average Bonchev–Trinajstić information content (AvgIpc) is 3.17. The fraction of sp³-hybridized carbons (Fsp3) is 0.500. The monoisotopic (exact) mass is 362 g/mol. The van der Waals surface area contributed by atoms with E-state index in [0.29, 0.717) is 31.3 Å². The molecule has 0 unspecified atom stereocenters. The van der Waals surface area contributed by atoms with Gasteiger partial charge in [-0.1, -0.05) is 0 Å². The van der Waals surface area contributed by atoms with E-state index < -0.39 is 0 Å². The zero-order chi connectivity index (χ0) is 18.0. The predicted octanol–water partition coefficient (Wildman–Crippen LogP) is 1.10. The van der Waals surface area contributed by atoms with Gasteiger partial charge in [-0.15, -0.1) is 11.3 Å². The molecule has 134 valence electrons. The van der Waals surface area contributed by atoms with Gasteiger partial charge in [-0.2, -0.15) is 5.10 Å². The summed E-state index contributed by atoms with van der Waals surface area (Å²) in [5.41, 5.74) is 1.73. The molecule has 0 bridgehead atoms. The molecule has 1 fully saturated rings. The minimum Gasteiger partial charge on any atom is -0.307 e. The summed E-state index contributed by atoms with van der Waals surface area (Å²) < 4.78 is 1.69. The predicted molar refractivity (Wildman–Crippen MR) is 96.7 cm³/mol. The van der Waals surface area contributed by atoms with Crippen molar-refractivity contribution >= 4 is 34.0 Å². The number of rotatable bonds is 5. The Bertz CT molecular complexity index is 770. The first-order valence-corrected chi connectivity index (χ1v) is 9.09. The molecule has 3 heterocycles. The average molecular weight is 362 g/mol. The highest BCUT2D eigenvalue weighted by molar-refractivity contribution is 7.14. The summed E-state index contributed by atoms with van der Waals surface area (Å²) in [4.78, 5) is 34.1. The third-order valence-corrected chi connectivity index (χ3v) is 5.07. The molecule has 0 radical (unpaired) electrons. The standard InChI is InChI=1S/C16H22N6O2S/c1-4-21(12(2)23)16-18-13(11-25-16)8-20-5-6-22(15(24)10-20)14-7-17-19(3)9-14/h7,9,11H,4-6,8,10H2,1-3H3. The van der Waals surface area contributed by atoms with Crippen molar-refractivity contribution in [1.29, 1.82) is 0 Å². The molecule has 2 amide bonds. The van der Waals surface area contributed by atoms with E-state index in [1.807, 2.05) is 25.5 Å². The molecular formula is C16H22N6O2S. The Labute approximate surface area is 150 Å². The Morgan fingerprint density at radius 2 is 2.20 bits per heavy atom. The third-order valence-electron chi connectivity index (χ3n) is 4.16. The van der Waals surface area contributed by atoms with Gasteiger partial charge in [0, 0.05) is 51.7 Å². The number of amides is 2. The lowest BCUT2D eigenvalue weighted by Crippen LogP contribution is -2.50. The number of thiazole rings is 1. The molecular weight excluding hydrogens is 340 g/mol. The molecule has 9 heteroatoms. The van der Waals surface area contributed by atoms with Crippen LogP contribution < -0.4 is 9.80 Å². The summed E-state index contributed by atoms with van der Waals surface area (Å²) in [7, 11) is 1.84. The molecule has 2 aromatic heterocycles. The van der Waals surface area contributed by atoms with Gasteiger partial charge in [-0.25, -0.2) is 4.98 Å². The van der Waals surface area contributed by atoms with Crippen molar-refractivity contribution < 1.29 is 9.59 Å². The maximum absolute atomic E-state index is 12.4. The number of nitrogens with zero attached hydrogens (tertiary/aromatic N) is 6. The highest BCUT2D eigenvalue weighted by Gasteiger charge is 2.26. The van der Waals surface area contributed by atoms with Crippen LogP contribution in [0.4, 0.5) is 10.8 Å². The lowest BCUT2D eigenvalue weighted by atomic mass is 10.2. The number of anilines is 2. The maximum Gasteiger partial charge on any atom is 0.241 e. The molecule has 0 spiro atoms. The highest BCUT2D eigenvalue weighted by Crippen LogP contribution is 2.22. The van der Waals surface area contributed by atoms with Crippen LogP contribution in [0.5, 0.6) is 0 Å². The lowest BCUT2D eigenvalue weighted by molar-refractivity contribution is -0.121. The number of carbonyl (C=O) groups is 2. The van der Waals surface area contributed by atoms with Crippen LogP contribution >= 0.6 is 11.3 Å². The van der Waals surface area contributed by atoms with E-state index >= 15 is 0 Å². The number of aromatic nitrogens is 3. The van der Waals surface area contributed by atoms with Crippen LogP contribution in [0, 0.1) is 0 Å². The first kappa shape index (κ1) is 17.6. The number of hydrogen-bond acceptors (Lipinski definition) is 6. The molecule has 0 N–H and O–H groups in total. The zero-order valence-electron chi connectivity index (χ0n) is 14.7. The van der Waals surface area contributed by atoms with E-state index in [1.54, 1.807) is 27.6 Å². The Balaban J connectivity index is 1.61. The Kier molecular flexibility index (Phi) is 5.14. The number of carbonyl (C=O) groups excluding carboxylic acids is 2. The van der Waals surface area contributed by atoms with E-state index in [9.17, 15) is 9.59 Å². The zero-order valence-corrected chi connectivity index (χ0v) is 15.5. The Hall–Kier alpha value is -2.26. The first-order valence-electron chi connectivity index (χ1n) is 8.21. The second-order valence-corrected chi connectivity index (χ2v) is 6.85. The fourth-order valence-electron chi connectivity index (χ4n) is 2.89. The SMILES string of the molecule is CCN(C(C)=O)c1nc(CN2CCN(c3cnn(C)c3)C(=O)C2)cs1. The fourth-order valence-corrected chi connectivity index (χ4v) is 3.82. The maximum atomic E-state index is 12.4. The molecule has 8 nitrogen and oxygen atoms in total. The second-order valence-electron chi connectivity index (χ2n) is 6.01. The summed E-state index contributed by atoms with van der Waals surface area (Å²) in [6.45, 7) is 6.45. The lowest BCUT2D eigenvalue weighted by Gasteiger charge is -2.33. The molecule has 1 saturated heterocycles. The molecule has 0 atom stereocenters. The summed E-state index contributed by atoms with van der Waals surface area (Å²) in [5, 5.41) is 6.79. The summed E-state index contributed by atoms with van der Waals surface area (Å²) in [6.07, 6.45) is 3.56. The minimum absolute atomic E-state index is 0.0105. The van der Waals surface area contributed by atoms with Crippen LogP contribution in [0.1, 0.15) is 19.5 Å². The molecule has 25 heavy (non-hydrogen) atoms. The molecule has 0 saturated carbocycles. The van der Waals surface area contributed by atoms with E-state index in [-0.39, 0.29) is 11.8 Å². The summed E-state index contributed by atoms with van der Waals surface area (Å²) in [6, 6.07) is 0. The van der Waals surface area contributed by atoms with Gasteiger partial charge < -0.3 is 4.90 Å². The van der Waals surface area contributed by atoms with Gasteiger partial charge in [0.05, 0.1) is 24.1 Å². The van der Waals surface area contributed by atoms with Crippen LogP contribution in [-0.4, -0.2) is 57.7 Å². The van der Waals surface area contributed by atoms with Gasteiger partial charge in [0.25, 0.3) is 0 Å². The van der Waals surface area contributed by atoms with Crippen molar-refractivity contribution in [2.75, 3.05) is 36.0 Å². The third kappa shape index (κ3) is 3.88. The number of aryl methyl sites for hydroxylation is 1. The molecule has 0 aliphatic carbocycles. The van der Waals surface area contributed by atoms with Crippen LogP contribution in [0.15, 0.2) is 17.8 Å². The van der Waals surface area contributed by atoms with Gasteiger partial charge in [0.2, 0.25) is 11.8 Å². The molecule has 2 aromatic rings. The minimum atomic E-state index is -0.0105. The van der Waals surface area contributed by atoms with Crippen molar-refractivity contribution in [1.82, 2.24) is 19.7 Å². The van der Waals surface area contributed by atoms with Gasteiger partial charge >= 0.3 is 0 Å². The van der Waals surface area contributed by atoms with E-state index in [4.69, 9.17) is 0 Å². The molecule has 0 aromatic carbocycles. The van der Waals surface area contributed by atoms with Crippen LogP contribution in [0.25, 0.3) is 0 Å². The van der Waals surface area contributed by atoms with E-state index in [0.717, 1.165) is 17.9 Å². The quantitative estimate of drug-likeness (QED) is 0.796. The first-order chi connectivity index (χ1) is 12.0. The van der Waals surface area contributed by atoms with Crippen molar-refractivity contribution in [3.63, 3.8) is 0 Å². The topological polar surface area (TPSA) is 74.6 Å². The van der Waals surface area contributed by atoms with Gasteiger partial charge in [-0.3, -0.25) is 24.1 Å². The number of piperazine rings is 1. The molecule has 1 aliphatic rings. The van der Waals surface area contributed by atoms with Crippen molar-refractivity contribution in [2.45, 2.75) is 20.4 Å². The van der Waals surface area contributed by atoms with Crippen LogP contribution in [0.3, 0.4) is 0 Å². The smallest absolute Gasteiger partial charge is 0.241 e. The molecule has 3 rings (SSSR count). The largest absolute Gasteiger partial charge is 0.307 e. The van der Waals surface area contributed by atoms with Crippen LogP contribution in [-0.2, 0) is 23.2 Å². The van der Waals surface area contributed by atoms with Gasteiger partial charge in [0.15, 0.2) is 5.13 Å². The Morgan fingerprint density at radius 1 is 1.40 bits per heavy atom. The molecule has 1 aliphatic heterocycles. The van der Waals surface area contributed by atoms with E-state index in [2.05, 4.69) is 15.0 Å². The van der Waals surface area contributed by atoms with E-state index in [1.165, 1.54) is 11.3 Å².